The van der Waals surface area contributed by atoms with Crippen molar-refractivity contribution in [3.05, 3.63) is 45.3 Å². The van der Waals surface area contributed by atoms with E-state index in [9.17, 15) is 19.1 Å². The summed E-state index contributed by atoms with van der Waals surface area (Å²) in [6.07, 6.45) is 0. The van der Waals surface area contributed by atoms with Crippen LogP contribution >= 0.6 is 31.9 Å². The van der Waals surface area contributed by atoms with Crippen molar-refractivity contribution in [2.24, 2.45) is 10.9 Å². The van der Waals surface area contributed by atoms with Crippen LogP contribution in [0, 0.1) is 11.7 Å². The highest BCUT2D eigenvalue weighted by molar-refractivity contribution is 9.10. The molecule has 8 heteroatoms. The highest BCUT2D eigenvalue weighted by atomic mass is 79.9. The van der Waals surface area contributed by atoms with Crippen LogP contribution in [0.4, 0.5) is 4.39 Å². The molecule has 24 heavy (non-hydrogen) atoms. The Morgan fingerprint density at radius 3 is 2.79 bits per heavy atom. The van der Waals surface area contributed by atoms with Gasteiger partial charge in [-0.2, -0.15) is 0 Å². The van der Waals surface area contributed by atoms with Gasteiger partial charge in [-0.15, -0.1) is 0 Å². The van der Waals surface area contributed by atoms with Gasteiger partial charge in [-0.3, -0.25) is 14.6 Å². The number of carboxylic acids is 1. The van der Waals surface area contributed by atoms with Crippen LogP contribution in [-0.4, -0.2) is 41.1 Å². The lowest BCUT2D eigenvalue weighted by atomic mass is 9.74. The number of carbonyl (C=O) groups excluding carboxylic acids is 1. The van der Waals surface area contributed by atoms with E-state index in [1.807, 2.05) is 0 Å². The first kappa shape index (κ1) is 17.4. The number of aliphatic carboxylic acids is 1. The Labute approximate surface area is 153 Å². The molecule has 0 aromatic heterocycles. The van der Waals surface area contributed by atoms with E-state index >= 15 is 0 Å². The Morgan fingerprint density at radius 1 is 1.42 bits per heavy atom. The third kappa shape index (κ3) is 2.98. The lowest BCUT2D eigenvalue weighted by Crippen LogP contribution is -2.40. The summed E-state index contributed by atoms with van der Waals surface area (Å²) in [5.74, 6) is -3.54. The van der Waals surface area contributed by atoms with Crippen LogP contribution in [0.1, 0.15) is 11.5 Å². The van der Waals surface area contributed by atoms with E-state index in [-0.39, 0.29) is 28.8 Å². The molecule has 0 amide bonds. The molecule has 0 spiro atoms. The van der Waals surface area contributed by atoms with E-state index in [1.54, 1.807) is 0 Å². The second-order valence-electron chi connectivity index (χ2n) is 5.48. The Hall–Kier alpha value is -1.38. The smallest absolute Gasteiger partial charge is 0.313 e. The standard InChI is InChI=1S/C16H12Br2FNO4/c17-4-10-15(16(22)23)13(7-1-2-9(19)8(18)3-7)14-11(20-10)5-24-6-12(14)21/h1-3,13,15H,4-6H2,(H,22,23). The lowest BCUT2D eigenvalue weighted by molar-refractivity contribution is -0.139. The summed E-state index contributed by atoms with van der Waals surface area (Å²) < 4.78 is 19.0. The molecule has 1 N–H and O–H groups in total. The predicted molar refractivity (Wildman–Crippen MR) is 92.0 cm³/mol. The number of hydrogen-bond acceptors (Lipinski definition) is 4. The Bertz CT molecular complexity index is 790. The highest BCUT2D eigenvalue weighted by Crippen LogP contribution is 2.42. The number of halogens is 3. The number of alkyl halides is 1. The van der Waals surface area contributed by atoms with Crippen LogP contribution in [0.15, 0.2) is 38.9 Å². The minimum atomic E-state index is -1.08. The molecule has 2 aliphatic rings. The monoisotopic (exact) mass is 459 g/mol. The maximum atomic E-state index is 13.6. The number of Topliss-reactive ketones (excluding diaryl/α,β-unsaturated/α-hetero) is 1. The predicted octanol–water partition coefficient (Wildman–Crippen LogP) is 3.08. The van der Waals surface area contributed by atoms with Crippen molar-refractivity contribution in [1.82, 2.24) is 0 Å². The van der Waals surface area contributed by atoms with Crippen LogP contribution in [0.25, 0.3) is 0 Å². The second kappa shape index (κ2) is 6.85. The fourth-order valence-corrected chi connectivity index (χ4v) is 3.94. The SMILES string of the molecule is O=C1COCC2=C1C(c1ccc(F)c(Br)c1)C(C(=O)O)C(CBr)=N2. The number of ketones is 1. The summed E-state index contributed by atoms with van der Waals surface area (Å²) in [7, 11) is 0. The first-order valence-electron chi connectivity index (χ1n) is 7.09. The molecule has 2 aliphatic heterocycles. The maximum absolute atomic E-state index is 13.6. The van der Waals surface area contributed by atoms with E-state index in [0.29, 0.717) is 22.5 Å². The molecule has 5 nitrogen and oxygen atoms in total. The molecule has 2 unspecified atom stereocenters. The van der Waals surface area contributed by atoms with Gasteiger partial charge in [0.2, 0.25) is 0 Å². The molecule has 0 bridgehead atoms. The van der Waals surface area contributed by atoms with Crippen LogP contribution < -0.4 is 0 Å². The molecule has 2 heterocycles. The molecular weight excluding hydrogens is 449 g/mol. The third-order valence-electron chi connectivity index (χ3n) is 4.07. The van der Waals surface area contributed by atoms with Gasteiger partial charge in [-0.25, -0.2) is 4.39 Å². The molecular formula is C16H12Br2FNO4. The lowest BCUT2D eigenvalue weighted by Gasteiger charge is -2.34. The highest BCUT2D eigenvalue weighted by Gasteiger charge is 2.43. The van der Waals surface area contributed by atoms with Crippen molar-refractivity contribution in [2.45, 2.75) is 5.92 Å². The first-order valence-corrected chi connectivity index (χ1v) is 9.00. The summed E-state index contributed by atoms with van der Waals surface area (Å²) in [6.45, 7) is 0.0476. The Morgan fingerprint density at radius 2 is 2.17 bits per heavy atom. The van der Waals surface area contributed by atoms with Gasteiger partial charge >= 0.3 is 5.97 Å². The third-order valence-corrected chi connectivity index (χ3v) is 5.25. The summed E-state index contributed by atoms with van der Waals surface area (Å²) in [6, 6.07) is 4.27. The maximum Gasteiger partial charge on any atom is 0.313 e. The largest absolute Gasteiger partial charge is 0.481 e. The van der Waals surface area contributed by atoms with Gasteiger partial charge in [0, 0.05) is 22.5 Å². The quantitative estimate of drug-likeness (QED) is 0.703. The summed E-state index contributed by atoms with van der Waals surface area (Å²) in [5.41, 5.74) is 1.75. The topological polar surface area (TPSA) is 76.0 Å². The van der Waals surface area contributed by atoms with Gasteiger partial charge in [-0.1, -0.05) is 22.0 Å². The van der Waals surface area contributed by atoms with E-state index in [4.69, 9.17) is 4.74 Å². The molecule has 0 aliphatic carbocycles. The molecule has 0 saturated heterocycles. The van der Waals surface area contributed by atoms with Gasteiger partial charge in [0.25, 0.3) is 0 Å². The Kier molecular flexibility index (Phi) is 4.98. The van der Waals surface area contributed by atoms with E-state index < -0.39 is 23.6 Å². The zero-order chi connectivity index (χ0) is 17.4. The van der Waals surface area contributed by atoms with Crippen molar-refractivity contribution in [1.29, 1.82) is 0 Å². The van der Waals surface area contributed by atoms with Crippen LogP contribution in [0.3, 0.4) is 0 Å². The van der Waals surface area contributed by atoms with E-state index in [0.717, 1.165) is 0 Å². The van der Waals surface area contributed by atoms with Crippen molar-refractivity contribution < 1.29 is 23.8 Å². The first-order chi connectivity index (χ1) is 11.4. The number of rotatable bonds is 3. The minimum absolute atomic E-state index is 0.108. The van der Waals surface area contributed by atoms with Crippen LogP contribution in [0.2, 0.25) is 0 Å². The van der Waals surface area contributed by atoms with Crippen molar-refractivity contribution in [3.63, 3.8) is 0 Å². The van der Waals surface area contributed by atoms with Crippen molar-refractivity contribution in [2.75, 3.05) is 18.5 Å². The average Bonchev–Trinajstić information content (AvgIpc) is 2.55. The van der Waals surface area contributed by atoms with Crippen LogP contribution in [0.5, 0.6) is 0 Å². The number of ether oxygens (including phenoxy) is 1. The van der Waals surface area contributed by atoms with Gasteiger partial charge in [0.05, 0.1) is 16.8 Å². The fraction of sp³-hybridized carbons (Fsp3) is 0.312. The number of benzene rings is 1. The number of aliphatic imine (C=N–C) groups is 1. The zero-order valence-corrected chi connectivity index (χ0v) is 15.4. The van der Waals surface area contributed by atoms with E-state index in [2.05, 4.69) is 36.9 Å². The fourth-order valence-electron chi connectivity index (χ4n) is 3.07. The molecule has 1 aromatic carbocycles. The van der Waals surface area contributed by atoms with Crippen molar-refractivity contribution >= 4 is 49.3 Å². The minimum Gasteiger partial charge on any atom is -0.481 e. The zero-order valence-electron chi connectivity index (χ0n) is 12.3. The molecule has 2 atom stereocenters. The van der Waals surface area contributed by atoms with Gasteiger partial charge in [-0.05, 0) is 33.6 Å². The van der Waals surface area contributed by atoms with Gasteiger partial charge < -0.3 is 9.84 Å². The van der Waals surface area contributed by atoms with Crippen LogP contribution in [-0.2, 0) is 14.3 Å². The molecule has 0 radical (unpaired) electrons. The van der Waals surface area contributed by atoms with Crippen molar-refractivity contribution in [3.8, 4) is 0 Å². The van der Waals surface area contributed by atoms with E-state index in [1.165, 1.54) is 18.2 Å². The molecule has 126 valence electrons. The second-order valence-corrected chi connectivity index (χ2v) is 6.90. The molecule has 3 rings (SSSR count). The number of carbonyl (C=O) groups is 2. The van der Waals surface area contributed by atoms with Gasteiger partial charge in [0.1, 0.15) is 18.3 Å². The van der Waals surface area contributed by atoms with Gasteiger partial charge in [0.15, 0.2) is 5.78 Å². The number of carboxylic acid groups (broad SMARTS) is 1. The molecule has 1 aromatic rings. The molecule has 0 saturated carbocycles. The number of nitrogens with zero attached hydrogens (tertiary/aromatic N) is 1. The summed E-state index contributed by atoms with van der Waals surface area (Å²) >= 11 is 6.38. The Balaban J connectivity index is 2.22. The summed E-state index contributed by atoms with van der Waals surface area (Å²) in [5, 5.41) is 9.98. The number of hydrogen-bond donors (Lipinski definition) is 1. The molecule has 0 fully saturated rings. The summed E-state index contributed by atoms with van der Waals surface area (Å²) in [4.78, 5) is 28.6. The average molecular weight is 461 g/mol. The normalized spacial score (nSPS) is 23.8.